The van der Waals surface area contributed by atoms with Gasteiger partial charge < -0.3 is 14.4 Å². The van der Waals surface area contributed by atoms with Crippen molar-refractivity contribution in [3.63, 3.8) is 0 Å². The minimum atomic E-state index is -5.77. The molecule has 15 heteroatoms. The lowest BCUT2D eigenvalue weighted by Crippen LogP contribution is -2.52. The van der Waals surface area contributed by atoms with Crippen LogP contribution < -0.4 is 9.46 Å². The van der Waals surface area contributed by atoms with Crippen molar-refractivity contribution in [3.8, 4) is 5.75 Å². The van der Waals surface area contributed by atoms with Crippen molar-refractivity contribution in [2.75, 3.05) is 39.0 Å². The number of amides is 2. The van der Waals surface area contributed by atoms with Gasteiger partial charge in [-0.2, -0.15) is 26.3 Å². The number of halogens is 7. The first-order valence-corrected chi connectivity index (χ1v) is 12.8. The van der Waals surface area contributed by atoms with Crippen LogP contribution in [0.2, 0.25) is 5.02 Å². The molecule has 208 valence electrons. The summed E-state index contributed by atoms with van der Waals surface area (Å²) in [6.45, 7) is 2.31. The number of aryl methyl sites for hydroxylation is 1. The van der Waals surface area contributed by atoms with Gasteiger partial charge in [0.2, 0.25) is 5.91 Å². The number of hydrogen-bond donors (Lipinski definition) is 1. The van der Waals surface area contributed by atoms with Crippen LogP contribution in [0, 0.1) is 12.3 Å². The lowest BCUT2D eigenvalue weighted by atomic mass is 10.1. The highest BCUT2D eigenvalue weighted by atomic mass is 35.5. The summed E-state index contributed by atoms with van der Waals surface area (Å²) in [5.74, 6) is 0.288. The summed E-state index contributed by atoms with van der Waals surface area (Å²) in [6, 6.07) is 3.59. The number of carbonyl (C=O) groups is 2. The summed E-state index contributed by atoms with van der Waals surface area (Å²) in [5, 5.41) is 0.381. The third-order valence-corrected chi connectivity index (χ3v) is 7.09. The van der Waals surface area contributed by atoms with E-state index in [1.165, 1.54) is 11.9 Å². The molecule has 0 unspecified atom stereocenters. The minimum absolute atomic E-state index is 0.119. The van der Waals surface area contributed by atoms with Gasteiger partial charge in [0, 0.05) is 44.5 Å². The van der Waals surface area contributed by atoms with Gasteiger partial charge in [-0.05, 0) is 25.3 Å². The molecule has 1 aromatic rings. The molecule has 0 atom stereocenters. The summed E-state index contributed by atoms with van der Waals surface area (Å²) in [5.41, 5.74) is 0.835. The number of alkyl halides is 6. The molecular weight excluding hydrogens is 552 g/mol. The number of hydrogen-bond acceptors (Lipinski definition) is 6. The molecule has 1 saturated carbocycles. The molecule has 0 radical (unpaired) electrons. The van der Waals surface area contributed by atoms with Gasteiger partial charge >= 0.3 is 18.4 Å². The molecule has 37 heavy (non-hydrogen) atoms. The fourth-order valence-corrected chi connectivity index (χ4v) is 4.44. The smallest absolute Gasteiger partial charge is 0.434 e. The average molecular weight is 578 g/mol. The molecule has 7 nitrogen and oxygen atoms in total. The van der Waals surface area contributed by atoms with Crippen LogP contribution in [0.25, 0.3) is 0 Å². The Labute approximate surface area is 218 Å². The highest BCUT2D eigenvalue weighted by Crippen LogP contribution is 2.47. The van der Waals surface area contributed by atoms with Crippen LogP contribution in [0.1, 0.15) is 24.0 Å². The maximum Gasteiger partial charge on any atom is 0.434 e. The van der Waals surface area contributed by atoms with Crippen LogP contribution in [0.3, 0.4) is 0 Å². The minimum Gasteiger partial charge on any atom is -0.491 e. The van der Waals surface area contributed by atoms with E-state index in [1.807, 2.05) is 4.90 Å². The van der Waals surface area contributed by atoms with Gasteiger partial charge in [0.25, 0.3) is 6.10 Å². The third kappa shape index (κ3) is 7.29. The number of nitrogens with zero attached hydrogens (tertiary/aromatic N) is 2. The van der Waals surface area contributed by atoms with Crippen molar-refractivity contribution >= 4 is 35.5 Å². The van der Waals surface area contributed by atoms with Crippen molar-refractivity contribution in [2.45, 2.75) is 44.8 Å². The summed E-state index contributed by atoms with van der Waals surface area (Å²) in [7, 11) is 0. The van der Waals surface area contributed by atoms with Crippen molar-refractivity contribution in [1.82, 2.24) is 14.5 Å². The molecule has 0 spiro atoms. The summed E-state index contributed by atoms with van der Waals surface area (Å²) in [6.07, 6.45) is -14.3. The first kappa shape index (κ1) is 29.5. The fraction of sp³-hybridized carbons (Fsp3) is 0.636. The largest absolute Gasteiger partial charge is 0.491 e. The van der Waals surface area contributed by atoms with Crippen molar-refractivity contribution < 1.29 is 45.4 Å². The molecule has 1 aromatic carbocycles. The molecule has 2 fully saturated rings. The van der Waals surface area contributed by atoms with Crippen molar-refractivity contribution in [3.05, 3.63) is 28.3 Å². The SMILES string of the molecule is CSNC(=O)C1(COc2c(CN3CCN(C(=O)OC(C(F)(F)F)C(F)(F)F)CC3)ccc(C)c2Cl)CC1. The molecule has 1 N–H and O–H groups in total. The van der Waals surface area contributed by atoms with E-state index in [1.54, 1.807) is 25.3 Å². The quantitative estimate of drug-likeness (QED) is 0.348. The normalized spacial score (nSPS) is 18.1. The Bertz CT molecular complexity index is 984. The number of benzene rings is 1. The lowest BCUT2D eigenvalue weighted by Gasteiger charge is -2.35. The molecule has 2 amide bonds. The van der Waals surface area contributed by atoms with Gasteiger partial charge in [0.05, 0.1) is 10.4 Å². The maximum absolute atomic E-state index is 12.7. The third-order valence-electron chi connectivity index (χ3n) is 6.23. The first-order valence-electron chi connectivity index (χ1n) is 11.2. The van der Waals surface area contributed by atoms with Crippen LogP contribution in [0.5, 0.6) is 5.75 Å². The maximum atomic E-state index is 12.7. The Morgan fingerprint density at radius 3 is 2.22 bits per heavy atom. The zero-order valence-corrected chi connectivity index (χ0v) is 21.5. The van der Waals surface area contributed by atoms with Crippen LogP contribution >= 0.6 is 23.5 Å². The fourth-order valence-electron chi connectivity index (χ4n) is 3.80. The second-order valence-electron chi connectivity index (χ2n) is 9.00. The van der Waals surface area contributed by atoms with Gasteiger partial charge in [-0.3, -0.25) is 14.4 Å². The topological polar surface area (TPSA) is 71.1 Å². The molecule has 1 heterocycles. The van der Waals surface area contributed by atoms with Gasteiger partial charge in [-0.1, -0.05) is 35.7 Å². The monoisotopic (exact) mass is 577 g/mol. The Balaban J connectivity index is 1.61. The van der Waals surface area contributed by atoms with E-state index in [0.717, 1.165) is 10.5 Å². The predicted octanol–water partition coefficient (Wildman–Crippen LogP) is 4.95. The predicted molar refractivity (Wildman–Crippen MR) is 124 cm³/mol. The van der Waals surface area contributed by atoms with Crippen LogP contribution in [-0.4, -0.2) is 79.3 Å². The van der Waals surface area contributed by atoms with E-state index in [-0.39, 0.29) is 38.7 Å². The molecule has 0 bridgehead atoms. The first-order chi connectivity index (χ1) is 17.2. The Kier molecular flexibility index (Phi) is 9.05. The standard InChI is InChI=1S/C22H26ClF6N3O4S/c1-13-3-4-14(16(15(13)23)35-12-20(5-6-20)18(33)30-37-2)11-31-7-9-32(10-8-31)19(34)36-17(21(24,25)26)22(27,28)29/h3-4,17H,5-12H2,1-2H3,(H,30,33). The van der Waals surface area contributed by atoms with Gasteiger partial charge in [-0.15, -0.1) is 0 Å². The van der Waals surface area contributed by atoms with E-state index in [0.29, 0.717) is 35.7 Å². The Hall–Kier alpha value is -2.06. The van der Waals surface area contributed by atoms with Crippen molar-refractivity contribution in [2.24, 2.45) is 5.41 Å². The summed E-state index contributed by atoms with van der Waals surface area (Å²) < 4.78 is 88.7. The molecule has 3 rings (SSSR count). The van der Waals surface area contributed by atoms with Crippen LogP contribution in [0.15, 0.2) is 12.1 Å². The Morgan fingerprint density at radius 1 is 1.11 bits per heavy atom. The molecule has 1 saturated heterocycles. The van der Waals surface area contributed by atoms with Gasteiger partial charge in [-0.25, -0.2) is 4.79 Å². The van der Waals surface area contributed by atoms with Crippen LogP contribution in [0.4, 0.5) is 31.1 Å². The van der Waals surface area contributed by atoms with E-state index < -0.39 is 30.0 Å². The second kappa shape index (κ2) is 11.4. The zero-order valence-electron chi connectivity index (χ0n) is 20.0. The highest BCUT2D eigenvalue weighted by molar-refractivity contribution is 7.97. The molecule has 1 aliphatic carbocycles. The highest BCUT2D eigenvalue weighted by Gasteiger charge is 2.60. The molecule has 0 aromatic heterocycles. The molecule has 1 aliphatic heterocycles. The number of ether oxygens (including phenoxy) is 2. The second-order valence-corrected chi connectivity index (χ2v) is 9.99. The van der Waals surface area contributed by atoms with E-state index >= 15 is 0 Å². The van der Waals surface area contributed by atoms with Gasteiger partial charge in [0.1, 0.15) is 12.4 Å². The van der Waals surface area contributed by atoms with Crippen LogP contribution in [-0.2, 0) is 16.1 Å². The Morgan fingerprint density at radius 2 is 1.70 bits per heavy atom. The van der Waals surface area contributed by atoms with E-state index in [9.17, 15) is 35.9 Å². The number of piperazine rings is 1. The average Bonchev–Trinajstić information content (AvgIpc) is 3.60. The van der Waals surface area contributed by atoms with E-state index in [2.05, 4.69) is 9.46 Å². The lowest BCUT2D eigenvalue weighted by molar-refractivity contribution is -0.308. The van der Waals surface area contributed by atoms with Gasteiger partial charge in [0.15, 0.2) is 0 Å². The van der Waals surface area contributed by atoms with E-state index in [4.69, 9.17) is 16.3 Å². The number of nitrogens with one attached hydrogen (secondary N) is 1. The summed E-state index contributed by atoms with van der Waals surface area (Å²) in [4.78, 5) is 27.0. The number of carbonyl (C=O) groups excluding carboxylic acids is 2. The summed E-state index contributed by atoms with van der Waals surface area (Å²) >= 11 is 7.69. The number of rotatable bonds is 8. The molecular formula is C22H26ClF6N3O4S. The molecule has 2 aliphatic rings. The zero-order chi connectivity index (χ0) is 27.6. The van der Waals surface area contributed by atoms with Crippen molar-refractivity contribution in [1.29, 1.82) is 0 Å².